The van der Waals surface area contributed by atoms with E-state index in [1.807, 2.05) is 9.80 Å². The van der Waals surface area contributed by atoms with Crippen LogP contribution in [0.25, 0.3) is 11.0 Å². The van der Waals surface area contributed by atoms with E-state index in [4.69, 9.17) is 0 Å². The number of nitrogens with one attached hydrogen (secondary N) is 1. The zero-order valence-electron chi connectivity index (χ0n) is 18.8. The van der Waals surface area contributed by atoms with Crippen LogP contribution in [0.15, 0.2) is 42.5 Å². The Bertz CT molecular complexity index is 1230. The number of nitrogens with zero attached hydrogens (tertiary/aromatic N) is 4. The molecule has 0 spiro atoms. The van der Waals surface area contributed by atoms with Gasteiger partial charge in [-0.2, -0.15) is 0 Å². The summed E-state index contributed by atoms with van der Waals surface area (Å²) in [5.74, 6) is 0.280. The van der Waals surface area contributed by atoms with Crippen LogP contribution in [0, 0.1) is 11.8 Å². The van der Waals surface area contributed by atoms with Crippen molar-refractivity contribution in [3.8, 4) is 5.75 Å². The van der Waals surface area contributed by atoms with Gasteiger partial charge in [-0.1, -0.05) is 17.3 Å². The fraction of sp³-hybridized carbons (Fsp3) is 0.417. The van der Waals surface area contributed by atoms with Crippen molar-refractivity contribution >= 4 is 22.8 Å². The molecule has 0 saturated carbocycles. The van der Waals surface area contributed by atoms with Crippen molar-refractivity contribution in [1.82, 2.24) is 25.2 Å². The van der Waals surface area contributed by atoms with Crippen LogP contribution in [-0.4, -0.2) is 69.6 Å². The Morgan fingerprint density at radius 1 is 1.03 bits per heavy atom. The van der Waals surface area contributed by atoms with Gasteiger partial charge in [-0.15, -0.1) is 18.3 Å². The Kier molecular flexibility index (Phi) is 6.08. The van der Waals surface area contributed by atoms with Crippen LogP contribution in [0.4, 0.5) is 13.2 Å². The summed E-state index contributed by atoms with van der Waals surface area (Å²) in [5.41, 5.74) is 2.76. The first-order chi connectivity index (χ1) is 16.7. The molecule has 8 nitrogen and oxygen atoms in total. The number of alkyl halides is 3. The maximum Gasteiger partial charge on any atom is 0.573 e. The van der Waals surface area contributed by atoms with Crippen molar-refractivity contribution < 1.29 is 27.5 Å². The van der Waals surface area contributed by atoms with E-state index >= 15 is 0 Å². The minimum Gasteiger partial charge on any atom is -0.406 e. The second-order valence-electron chi connectivity index (χ2n) is 9.09. The van der Waals surface area contributed by atoms with Crippen LogP contribution < -0.4 is 4.74 Å². The Morgan fingerprint density at radius 3 is 2.54 bits per heavy atom. The van der Waals surface area contributed by atoms with Gasteiger partial charge in [0.15, 0.2) is 0 Å². The molecule has 0 bridgehead atoms. The Balaban J connectivity index is 1.13. The van der Waals surface area contributed by atoms with Gasteiger partial charge in [0, 0.05) is 38.2 Å². The molecule has 2 amide bonds. The minimum atomic E-state index is -4.73. The third-order valence-electron chi connectivity index (χ3n) is 6.80. The quantitative estimate of drug-likeness (QED) is 0.596. The van der Waals surface area contributed by atoms with E-state index in [0.717, 1.165) is 17.5 Å². The van der Waals surface area contributed by atoms with Crippen molar-refractivity contribution in [2.75, 3.05) is 26.2 Å². The Labute approximate surface area is 199 Å². The van der Waals surface area contributed by atoms with Crippen molar-refractivity contribution in [3.05, 3.63) is 53.6 Å². The number of hydrogen-bond acceptors (Lipinski definition) is 5. The van der Waals surface area contributed by atoms with Gasteiger partial charge >= 0.3 is 6.36 Å². The summed E-state index contributed by atoms with van der Waals surface area (Å²) in [6.45, 7) is 2.53. The number of rotatable bonds is 5. The first-order valence-corrected chi connectivity index (χ1v) is 11.5. The number of benzene rings is 2. The minimum absolute atomic E-state index is 0.0142. The van der Waals surface area contributed by atoms with Crippen molar-refractivity contribution in [2.24, 2.45) is 11.8 Å². The summed E-state index contributed by atoms with van der Waals surface area (Å²) in [4.78, 5) is 29.6. The summed E-state index contributed by atoms with van der Waals surface area (Å²) in [5, 5.41) is 10.5. The molecule has 0 aliphatic carbocycles. The van der Waals surface area contributed by atoms with E-state index in [-0.39, 0.29) is 29.9 Å². The third kappa shape index (κ3) is 5.23. The van der Waals surface area contributed by atoms with Crippen LogP contribution in [0.3, 0.4) is 0 Å². The van der Waals surface area contributed by atoms with Crippen LogP contribution in [-0.2, 0) is 11.2 Å². The number of aromatic amines is 1. The number of piperidine rings is 1. The lowest BCUT2D eigenvalue weighted by Crippen LogP contribution is -2.43. The highest BCUT2D eigenvalue weighted by molar-refractivity contribution is 5.97. The van der Waals surface area contributed by atoms with E-state index in [9.17, 15) is 22.8 Å². The molecular formula is C24H24F3N5O3. The van der Waals surface area contributed by atoms with Crippen molar-refractivity contribution in [1.29, 1.82) is 0 Å². The van der Waals surface area contributed by atoms with Crippen molar-refractivity contribution in [2.45, 2.75) is 25.6 Å². The van der Waals surface area contributed by atoms with Crippen molar-refractivity contribution in [3.63, 3.8) is 0 Å². The molecule has 5 rings (SSSR count). The second kappa shape index (κ2) is 9.20. The van der Waals surface area contributed by atoms with Crippen LogP contribution >= 0.6 is 0 Å². The number of halogens is 3. The number of amides is 2. The third-order valence-corrected chi connectivity index (χ3v) is 6.80. The highest BCUT2D eigenvalue weighted by Crippen LogP contribution is 2.32. The number of carbonyl (C=O) groups excluding carboxylic acids is 2. The molecule has 11 heteroatoms. The summed E-state index contributed by atoms with van der Waals surface area (Å²) in [7, 11) is 0. The van der Waals surface area contributed by atoms with Crippen LogP contribution in [0.5, 0.6) is 5.75 Å². The van der Waals surface area contributed by atoms with E-state index in [1.54, 1.807) is 18.2 Å². The maximum atomic E-state index is 13.0. The van der Waals surface area contributed by atoms with Gasteiger partial charge < -0.3 is 14.5 Å². The fourth-order valence-electron chi connectivity index (χ4n) is 4.99. The van der Waals surface area contributed by atoms with Crippen LogP contribution in [0.2, 0.25) is 0 Å². The summed E-state index contributed by atoms with van der Waals surface area (Å²) >= 11 is 0. The molecular weight excluding hydrogens is 463 g/mol. The van der Waals surface area contributed by atoms with Gasteiger partial charge in [0.1, 0.15) is 11.3 Å². The number of carbonyl (C=O) groups is 2. The maximum absolute atomic E-state index is 13.0. The van der Waals surface area contributed by atoms with E-state index in [0.29, 0.717) is 49.6 Å². The first-order valence-electron chi connectivity index (χ1n) is 11.5. The number of aryl methyl sites for hydroxylation is 1. The molecule has 3 aromatic rings. The predicted molar refractivity (Wildman–Crippen MR) is 119 cm³/mol. The van der Waals surface area contributed by atoms with Gasteiger partial charge in [0.05, 0.1) is 5.52 Å². The molecule has 3 heterocycles. The Morgan fingerprint density at radius 2 is 1.77 bits per heavy atom. The normalized spacial score (nSPS) is 20.2. The zero-order valence-corrected chi connectivity index (χ0v) is 18.8. The first kappa shape index (κ1) is 23.1. The molecule has 2 fully saturated rings. The smallest absolute Gasteiger partial charge is 0.406 e. The Hall–Kier alpha value is -3.63. The average molecular weight is 487 g/mol. The largest absolute Gasteiger partial charge is 0.573 e. The monoisotopic (exact) mass is 487 g/mol. The highest BCUT2D eigenvalue weighted by Gasteiger charge is 2.40. The average Bonchev–Trinajstić information content (AvgIpc) is 3.47. The molecule has 1 aromatic heterocycles. The number of fused-ring (bicyclic) bond motifs is 2. The van der Waals surface area contributed by atoms with E-state index < -0.39 is 6.36 Å². The molecule has 0 radical (unpaired) electrons. The second-order valence-corrected chi connectivity index (χ2v) is 9.09. The molecule has 1 N–H and O–H groups in total. The lowest BCUT2D eigenvalue weighted by atomic mass is 9.88. The van der Waals surface area contributed by atoms with Gasteiger partial charge in [-0.25, -0.2) is 0 Å². The molecule has 184 valence electrons. The summed E-state index contributed by atoms with van der Waals surface area (Å²) in [6, 6.07) is 10.9. The molecule has 2 atom stereocenters. The SMILES string of the molecule is O=C(CCc1ccc(OC(F)(F)F)cc1)N1CC[C@H]2CN(C(=O)c3ccc4[nH]nnc4c3)C[C@@H]2C1. The number of hydrogen-bond donors (Lipinski definition) is 1. The molecule has 2 aliphatic rings. The summed E-state index contributed by atoms with van der Waals surface area (Å²) in [6.07, 6.45) is -3.18. The predicted octanol–water partition coefficient (Wildman–Crippen LogP) is 3.41. The van der Waals surface area contributed by atoms with Gasteiger partial charge in [-0.05, 0) is 60.6 Å². The van der Waals surface area contributed by atoms with Gasteiger partial charge in [-0.3, -0.25) is 14.7 Å². The molecule has 2 saturated heterocycles. The molecule has 35 heavy (non-hydrogen) atoms. The molecule has 0 unspecified atom stereocenters. The van der Waals surface area contributed by atoms with Gasteiger partial charge in [0.25, 0.3) is 5.91 Å². The number of H-pyrrole nitrogens is 1. The lowest BCUT2D eigenvalue weighted by molar-refractivity contribution is -0.274. The molecule has 2 aromatic carbocycles. The fourth-order valence-corrected chi connectivity index (χ4v) is 4.99. The van der Waals surface area contributed by atoms with E-state index in [2.05, 4.69) is 20.1 Å². The topological polar surface area (TPSA) is 91.4 Å². The van der Waals surface area contributed by atoms with Gasteiger partial charge in [0.2, 0.25) is 5.91 Å². The number of likely N-dealkylation sites (tertiary alicyclic amines) is 2. The zero-order chi connectivity index (χ0) is 24.6. The van der Waals surface area contributed by atoms with Crippen LogP contribution in [0.1, 0.15) is 28.8 Å². The number of aromatic nitrogens is 3. The number of ether oxygens (including phenoxy) is 1. The summed E-state index contributed by atoms with van der Waals surface area (Å²) < 4.78 is 40.8. The lowest BCUT2D eigenvalue weighted by Gasteiger charge is -2.34. The highest BCUT2D eigenvalue weighted by atomic mass is 19.4. The molecule has 2 aliphatic heterocycles. The standard InChI is InChI=1S/C24H24F3N5O3/c25-24(26,27)35-19-5-1-15(2-6-19)3-8-22(33)31-10-9-17-12-32(14-18(17)13-31)23(34)16-4-7-20-21(11-16)29-30-28-20/h1-2,4-7,11,17-18H,3,8-10,12-14H2,(H,28,29,30)/t17-,18-/m0/s1. The van der Waals surface area contributed by atoms with E-state index in [1.165, 1.54) is 24.3 Å².